The number of sulfone groups is 1. The summed E-state index contributed by atoms with van der Waals surface area (Å²) in [6, 6.07) is 11.4. The van der Waals surface area contributed by atoms with Gasteiger partial charge in [0.1, 0.15) is 6.04 Å². The van der Waals surface area contributed by atoms with Crippen LogP contribution in [0.4, 0.5) is 0 Å². The number of carbonyl (C=O) groups is 3. The molecule has 0 spiro atoms. The van der Waals surface area contributed by atoms with Gasteiger partial charge in [-0.1, -0.05) is 24.3 Å². The fraction of sp³-hybridized carbons (Fsp3) is 0.286. The van der Waals surface area contributed by atoms with Crippen molar-refractivity contribution in [2.45, 2.75) is 30.8 Å². The van der Waals surface area contributed by atoms with Gasteiger partial charge in [0.15, 0.2) is 9.84 Å². The molecule has 2 aromatic rings. The lowest BCUT2D eigenvalue weighted by atomic mass is 10.1. The second-order valence-corrected chi connectivity index (χ2v) is 9.18. The molecule has 0 N–H and O–H groups in total. The van der Waals surface area contributed by atoms with Crippen LogP contribution in [0.5, 0.6) is 0 Å². The van der Waals surface area contributed by atoms with E-state index >= 15 is 0 Å². The van der Waals surface area contributed by atoms with E-state index in [0.717, 1.165) is 16.7 Å². The Morgan fingerprint density at radius 2 is 1.41 bits per heavy atom. The number of hydrogen-bond donors (Lipinski definition) is 0. The minimum Gasteiger partial charge on any atom is -0.337 e. The number of rotatable bonds is 5. The van der Waals surface area contributed by atoms with Gasteiger partial charge in [0, 0.05) is 13.3 Å². The van der Waals surface area contributed by atoms with E-state index in [0.29, 0.717) is 11.1 Å². The summed E-state index contributed by atoms with van der Waals surface area (Å²) in [5.41, 5.74) is 1.33. The van der Waals surface area contributed by atoms with Crippen LogP contribution in [0.25, 0.3) is 0 Å². The molecule has 8 heteroatoms. The fourth-order valence-electron chi connectivity index (χ4n) is 3.37. The van der Waals surface area contributed by atoms with Crippen molar-refractivity contribution in [1.29, 1.82) is 0 Å². The molecule has 0 bridgehead atoms. The van der Waals surface area contributed by atoms with Crippen LogP contribution in [0.3, 0.4) is 0 Å². The lowest BCUT2D eigenvalue weighted by Gasteiger charge is -2.31. The first-order chi connectivity index (χ1) is 13.5. The highest BCUT2D eigenvalue weighted by atomic mass is 32.2. The SMILES string of the molecule is CC(c1ccc(S(C)(=O)=O)cc1)N(C)C(=O)C(C)N1C(=O)c2ccccc2C1=O. The zero-order valence-electron chi connectivity index (χ0n) is 16.6. The van der Waals surface area contributed by atoms with Gasteiger partial charge in [0.05, 0.1) is 22.1 Å². The lowest BCUT2D eigenvalue weighted by molar-refractivity contribution is -0.135. The molecule has 0 aliphatic carbocycles. The molecule has 2 unspecified atom stereocenters. The number of likely N-dealkylation sites (N-methyl/N-ethyl adjacent to an activating group) is 1. The monoisotopic (exact) mass is 414 g/mol. The summed E-state index contributed by atoms with van der Waals surface area (Å²) in [5, 5.41) is 0. The summed E-state index contributed by atoms with van der Waals surface area (Å²) >= 11 is 0. The van der Waals surface area contributed by atoms with Crippen LogP contribution in [0.15, 0.2) is 53.4 Å². The van der Waals surface area contributed by atoms with Gasteiger partial charge in [-0.05, 0) is 43.7 Å². The zero-order chi connectivity index (χ0) is 21.5. The van der Waals surface area contributed by atoms with E-state index in [-0.39, 0.29) is 16.8 Å². The predicted octanol–water partition coefficient (Wildman–Crippen LogP) is 2.29. The Morgan fingerprint density at radius 3 is 1.86 bits per heavy atom. The first kappa shape index (κ1) is 20.7. The van der Waals surface area contributed by atoms with Crippen molar-refractivity contribution in [2.24, 2.45) is 0 Å². The molecule has 29 heavy (non-hydrogen) atoms. The molecule has 1 aliphatic heterocycles. The largest absolute Gasteiger partial charge is 0.337 e. The van der Waals surface area contributed by atoms with Gasteiger partial charge < -0.3 is 4.90 Å². The van der Waals surface area contributed by atoms with Gasteiger partial charge in [-0.15, -0.1) is 0 Å². The average Bonchev–Trinajstić information content (AvgIpc) is 2.96. The number of amides is 3. The summed E-state index contributed by atoms with van der Waals surface area (Å²) in [4.78, 5) is 40.9. The fourth-order valence-corrected chi connectivity index (χ4v) is 4.00. The van der Waals surface area contributed by atoms with Crippen LogP contribution in [0.1, 0.15) is 46.2 Å². The molecule has 0 fully saturated rings. The topological polar surface area (TPSA) is 91.8 Å². The standard InChI is InChI=1S/C21H22N2O5S/c1-13(15-9-11-16(12-10-15)29(4,27)28)22(3)19(24)14(2)23-20(25)17-7-5-6-8-18(17)21(23)26/h5-14H,1-4H3. The molecule has 0 aromatic heterocycles. The first-order valence-corrected chi connectivity index (χ1v) is 11.0. The van der Waals surface area contributed by atoms with Crippen LogP contribution in [0, 0.1) is 0 Å². The average molecular weight is 414 g/mol. The molecule has 0 saturated carbocycles. The van der Waals surface area contributed by atoms with Crippen molar-refractivity contribution >= 4 is 27.6 Å². The van der Waals surface area contributed by atoms with Crippen molar-refractivity contribution in [3.05, 3.63) is 65.2 Å². The van der Waals surface area contributed by atoms with Gasteiger partial charge in [-0.2, -0.15) is 0 Å². The van der Waals surface area contributed by atoms with Gasteiger partial charge >= 0.3 is 0 Å². The molecule has 2 atom stereocenters. The number of hydrogen-bond acceptors (Lipinski definition) is 5. The van der Waals surface area contributed by atoms with Gasteiger partial charge in [-0.3, -0.25) is 19.3 Å². The third-order valence-corrected chi connectivity index (χ3v) is 6.42. The normalized spacial score (nSPS) is 15.8. The summed E-state index contributed by atoms with van der Waals surface area (Å²) in [5.74, 6) is -1.35. The summed E-state index contributed by atoms with van der Waals surface area (Å²) in [7, 11) is -1.72. The Morgan fingerprint density at radius 1 is 0.931 bits per heavy atom. The summed E-state index contributed by atoms with van der Waals surface area (Å²) in [6.07, 6.45) is 1.13. The minimum absolute atomic E-state index is 0.196. The van der Waals surface area contributed by atoms with Gasteiger partial charge in [0.2, 0.25) is 5.91 Å². The molecular formula is C21H22N2O5S. The van der Waals surface area contributed by atoms with E-state index in [1.165, 1.54) is 24.0 Å². The van der Waals surface area contributed by atoms with Gasteiger partial charge in [-0.25, -0.2) is 8.42 Å². The minimum atomic E-state index is -3.31. The Kier molecular flexibility index (Phi) is 5.32. The molecule has 1 heterocycles. The Hall–Kier alpha value is -3.00. The highest BCUT2D eigenvalue weighted by Gasteiger charge is 2.41. The van der Waals surface area contributed by atoms with Crippen LogP contribution < -0.4 is 0 Å². The molecule has 2 aromatic carbocycles. The van der Waals surface area contributed by atoms with E-state index in [2.05, 4.69) is 0 Å². The van der Waals surface area contributed by atoms with Crippen molar-refractivity contribution in [2.75, 3.05) is 13.3 Å². The number of imide groups is 1. The Labute approximate surface area is 169 Å². The molecule has 0 saturated heterocycles. The molecule has 1 aliphatic rings. The van der Waals surface area contributed by atoms with E-state index in [4.69, 9.17) is 0 Å². The smallest absolute Gasteiger partial charge is 0.262 e. The maximum absolute atomic E-state index is 13.0. The maximum Gasteiger partial charge on any atom is 0.262 e. The molecule has 3 amide bonds. The van der Waals surface area contributed by atoms with Crippen molar-refractivity contribution < 1.29 is 22.8 Å². The first-order valence-electron chi connectivity index (χ1n) is 9.07. The quantitative estimate of drug-likeness (QED) is 0.700. The van der Waals surface area contributed by atoms with E-state index in [1.807, 2.05) is 0 Å². The van der Waals surface area contributed by atoms with Crippen LogP contribution in [0.2, 0.25) is 0 Å². The molecule has 7 nitrogen and oxygen atoms in total. The van der Waals surface area contributed by atoms with E-state index in [1.54, 1.807) is 50.4 Å². The van der Waals surface area contributed by atoms with Crippen LogP contribution in [-0.4, -0.2) is 55.3 Å². The van der Waals surface area contributed by atoms with E-state index < -0.39 is 27.7 Å². The third-order valence-electron chi connectivity index (χ3n) is 5.29. The Balaban J connectivity index is 1.79. The third kappa shape index (κ3) is 3.67. The highest BCUT2D eigenvalue weighted by Crippen LogP contribution is 2.27. The second-order valence-electron chi connectivity index (χ2n) is 7.17. The molecule has 0 radical (unpaired) electrons. The zero-order valence-corrected chi connectivity index (χ0v) is 17.4. The highest BCUT2D eigenvalue weighted by molar-refractivity contribution is 7.90. The van der Waals surface area contributed by atoms with Crippen LogP contribution in [-0.2, 0) is 14.6 Å². The summed E-state index contributed by atoms with van der Waals surface area (Å²) in [6.45, 7) is 3.32. The Bertz CT molecular complexity index is 1060. The van der Waals surface area contributed by atoms with E-state index in [9.17, 15) is 22.8 Å². The second kappa shape index (κ2) is 7.44. The number of fused-ring (bicyclic) bond motifs is 1. The number of carbonyl (C=O) groups excluding carboxylic acids is 3. The van der Waals surface area contributed by atoms with Gasteiger partial charge in [0.25, 0.3) is 11.8 Å². The molecule has 3 rings (SSSR count). The number of nitrogens with zero attached hydrogens (tertiary/aromatic N) is 2. The van der Waals surface area contributed by atoms with Crippen molar-refractivity contribution in [3.8, 4) is 0 Å². The molecule has 152 valence electrons. The maximum atomic E-state index is 13.0. The molecular weight excluding hydrogens is 392 g/mol. The van der Waals surface area contributed by atoms with Crippen LogP contribution >= 0.6 is 0 Å². The number of benzene rings is 2. The predicted molar refractivity (Wildman–Crippen MR) is 107 cm³/mol. The lowest BCUT2D eigenvalue weighted by Crippen LogP contribution is -2.48. The van der Waals surface area contributed by atoms with Crippen molar-refractivity contribution in [1.82, 2.24) is 9.80 Å². The summed E-state index contributed by atoms with van der Waals surface area (Å²) < 4.78 is 23.2. The van der Waals surface area contributed by atoms with Crippen molar-refractivity contribution in [3.63, 3.8) is 0 Å².